The quantitative estimate of drug-likeness (QED) is 0.681. The fourth-order valence-corrected chi connectivity index (χ4v) is 2.99. The Labute approximate surface area is 143 Å². The third-order valence-electron chi connectivity index (χ3n) is 4.27. The molecule has 0 amide bonds. The van der Waals surface area contributed by atoms with Gasteiger partial charge >= 0.3 is 0 Å². The van der Waals surface area contributed by atoms with Crippen LogP contribution in [0.1, 0.15) is 28.8 Å². The number of aliphatic hydroxyl groups is 1. The van der Waals surface area contributed by atoms with Gasteiger partial charge in [-0.15, -0.1) is 0 Å². The van der Waals surface area contributed by atoms with Gasteiger partial charge in [-0.05, 0) is 23.1 Å². The highest BCUT2D eigenvalue weighted by molar-refractivity contribution is 5.25. The summed E-state index contributed by atoms with van der Waals surface area (Å²) in [6.07, 6.45) is 0.883. The molecule has 2 heteroatoms. The molecule has 0 saturated carbocycles. The molecule has 0 heterocycles. The summed E-state index contributed by atoms with van der Waals surface area (Å²) in [6, 6.07) is 31.1. The van der Waals surface area contributed by atoms with Gasteiger partial charge in [0.2, 0.25) is 0 Å². The second-order valence-electron chi connectivity index (χ2n) is 5.97. The second kappa shape index (κ2) is 8.44. The summed E-state index contributed by atoms with van der Waals surface area (Å²) in [6.45, 7) is 0.0716. The van der Waals surface area contributed by atoms with Crippen molar-refractivity contribution in [2.75, 3.05) is 6.61 Å². The highest BCUT2D eigenvalue weighted by atomic mass is 16.3. The summed E-state index contributed by atoms with van der Waals surface area (Å²) in [4.78, 5) is 0. The Hall–Kier alpha value is -2.42. The van der Waals surface area contributed by atoms with E-state index >= 15 is 0 Å². The summed E-state index contributed by atoms with van der Waals surface area (Å²) in [5.41, 5.74) is 3.62. The van der Waals surface area contributed by atoms with Crippen LogP contribution in [0.3, 0.4) is 0 Å². The van der Waals surface area contributed by atoms with Crippen LogP contribution in [0.4, 0.5) is 0 Å². The molecule has 2 N–H and O–H groups in total. The minimum Gasteiger partial charge on any atom is -0.394 e. The van der Waals surface area contributed by atoms with E-state index in [1.165, 1.54) is 11.1 Å². The number of hydrogen-bond acceptors (Lipinski definition) is 2. The molecule has 24 heavy (non-hydrogen) atoms. The molecule has 2 nitrogen and oxygen atoms in total. The predicted octanol–water partition coefficient (Wildman–Crippen LogP) is 4.29. The predicted molar refractivity (Wildman–Crippen MR) is 98.7 cm³/mol. The maximum atomic E-state index is 9.88. The first-order chi connectivity index (χ1) is 11.9. The van der Waals surface area contributed by atoms with Gasteiger partial charge in [0.05, 0.1) is 12.6 Å². The molecule has 122 valence electrons. The molecule has 3 rings (SSSR count). The van der Waals surface area contributed by atoms with Gasteiger partial charge in [0.25, 0.3) is 0 Å². The van der Waals surface area contributed by atoms with Crippen LogP contribution in [0.25, 0.3) is 0 Å². The maximum absolute atomic E-state index is 9.88. The van der Waals surface area contributed by atoms with Gasteiger partial charge in [-0.2, -0.15) is 0 Å². The molecule has 0 spiro atoms. The van der Waals surface area contributed by atoms with E-state index in [2.05, 4.69) is 66.0 Å². The van der Waals surface area contributed by atoms with Gasteiger partial charge in [-0.1, -0.05) is 91.0 Å². The van der Waals surface area contributed by atoms with E-state index in [4.69, 9.17) is 0 Å². The minimum absolute atomic E-state index is 0.0716. The van der Waals surface area contributed by atoms with E-state index in [0.717, 1.165) is 12.0 Å². The molecule has 0 saturated heterocycles. The summed E-state index contributed by atoms with van der Waals surface area (Å²) in [5.74, 6) is 0. The van der Waals surface area contributed by atoms with Crippen LogP contribution in [-0.4, -0.2) is 11.7 Å². The Balaban J connectivity index is 1.84. The SMILES string of the molecule is OC[C@H](N[C@H](Cc1ccccc1)c1ccccc1)c1ccccc1. The first-order valence-electron chi connectivity index (χ1n) is 8.37. The van der Waals surface area contributed by atoms with Gasteiger partial charge in [0, 0.05) is 6.04 Å². The lowest BCUT2D eigenvalue weighted by atomic mass is 9.96. The first-order valence-corrected chi connectivity index (χ1v) is 8.37. The molecule has 2 atom stereocenters. The third-order valence-corrected chi connectivity index (χ3v) is 4.27. The van der Waals surface area contributed by atoms with Crippen molar-refractivity contribution in [1.29, 1.82) is 0 Å². The van der Waals surface area contributed by atoms with Gasteiger partial charge in [-0.25, -0.2) is 0 Å². The van der Waals surface area contributed by atoms with Gasteiger partial charge in [0.1, 0.15) is 0 Å². The lowest BCUT2D eigenvalue weighted by molar-refractivity contribution is 0.232. The average molecular weight is 317 g/mol. The van der Waals surface area contributed by atoms with Crippen molar-refractivity contribution in [3.63, 3.8) is 0 Å². The van der Waals surface area contributed by atoms with E-state index in [9.17, 15) is 5.11 Å². The zero-order valence-electron chi connectivity index (χ0n) is 13.7. The fourth-order valence-electron chi connectivity index (χ4n) is 2.99. The zero-order chi connectivity index (χ0) is 16.6. The Kier molecular flexibility index (Phi) is 5.78. The Bertz CT molecular complexity index is 713. The summed E-state index contributed by atoms with van der Waals surface area (Å²) < 4.78 is 0. The topological polar surface area (TPSA) is 32.3 Å². The highest BCUT2D eigenvalue weighted by Gasteiger charge is 2.18. The summed E-state index contributed by atoms with van der Waals surface area (Å²) in [7, 11) is 0. The van der Waals surface area contributed by atoms with E-state index in [-0.39, 0.29) is 18.7 Å². The molecule has 3 aromatic carbocycles. The molecule has 0 bridgehead atoms. The standard InChI is InChI=1S/C22H23NO/c24-17-22(20-14-8-3-9-15-20)23-21(19-12-6-2-7-13-19)16-18-10-4-1-5-11-18/h1-15,21-24H,16-17H2/t21-,22+/m1/s1. The lowest BCUT2D eigenvalue weighted by Gasteiger charge is -2.26. The van der Waals surface area contributed by atoms with Crippen LogP contribution in [0.5, 0.6) is 0 Å². The Morgan fingerprint density at radius 1 is 0.625 bits per heavy atom. The van der Waals surface area contributed by atoms with Crippen LogP contribution < -0.4 is 5.32 Å². The zero-order valence-corrected chi connectivity index (χ0v) is 13.7. The second-order valence-corrected chi connectivity index (χ2v) is 5.97. The lowest BCUT2D eigenvalue weighted by Crippen LogP contribution is -2.30. The van der Waals surface area contributed by atoms with Crippen molar-refractivity contribution in [1.82, 2.24) is 5.32 Å². The molecule has 0 aliphatic rings. The number of rotatable bonds is 7. The van der Waals surface area contributed by atoms with Crippen LogP contribution in [0, 0.1) is 0 Å². The van der Waals surface area contributed by atoms with Crippen molar-refractivity contribution in [2.24, 2.45) is 0 Å². The van der Waals surface area contributed by atoms with Crippen molar-refractivity contribution in [3.05, 3.63) is 108 Å². The van der Waals surface area contributed by atoms with Crippen molar-refractivity contribution in [3.8, 4) is 0 Å². The Morgan fingerprint density at radius 3 is 1.58 bits per heavy atom. The van der Waals surface area contributed by atoms with Crippen LogP contribution in [0.15, 0.2) is 91.0 Å². The average Bonchev–Trinajstić information content (AvgIpc) is 2.67. The van der Waals surface area contributed by atoms with E-state index in [1.54, 1.807) is 0 Å². The van der Waals surface area contributed by atoms with Crippen LogP contribution in [-0.2, 0) is 6.42 Å². The van der Waals surface area contributed by atoms with E-state index in [0.29, 0.717) is 0 Å². The van der Waals surface area contributed by atoms with Crippen LogP contribution >= 0.6 is 0 Å². The number of hydrogen-bond donors (Lipinski definition) is 2. The molecule has 0 fully saturated rings. The minimum atomic E-state index is -0.0832. The van der Waals surface area contributed by atoms with E-state index in [1.807, 2.05) is 30.3 Å². The molecule has 0 aliphatic carbocycles. The third kappa shape index (κ3) is 4.31. The smallest absolute Gasteiger partial charge is 0.0626 e. The molecule has 0 aromatic heterocycles. The largest absolute Gasteiger partial charge is 0.394 e. The van der Waals surface area contributed by atoms with Gasteiger partial charge in [-0.3, -0.25) is 0 Å². The van der Waals surface area contributed by atoms with Crippen molar-refractivity contribution < 1.29 is 5.11 Å². The molecule has 0 aliphatic heterocycles. The number of aliphatic hydroxyl groups excluding tert-OH is 1. The molecule has 3 aromatic rings. The monoisotopic (exact) mass is 317 g/mol. The van der Waals surface area contributed by atoms with E-state index < -0.39 is 0 Å². The highest BCUT2D eigenvalue weighted by Crippen LogP contribution is 2.23. The fraction of sp³-hybridized carbons (Fsp3) is 0.182. The molecular weight excluding hydrogens is 294 g/mol. The van der Waals surface area contributed by atoms with Gasteiger partial charge < -0.3 is 10.4 Å². The van der Waals surface area contributed by atoms with Crippen molar-refractivity contribution >= 4 is 0 Å². The summed E-state index contributed by atoms with van der Waals surface area (Å²) >= 11 is 0. The number of benzene rings is 3. The van der Waals surface area contributed by atoms with Gasteiger partial charge in [0.15, 0.2) is 0 Å². The molecular formula is C22H23NO. The Morgan fingerprint density at radius 2 is 1.08 bits per heavy atom. The first kappa shape index (κ1) is 16.4. The van der Waals surface area contributed by atoms with Crippen LogP contribution in [0.2, 0.25) is 0 Å². The maximum Gasteiger partial charge on any atom is 0.0626 e. The summed E-state index contributed by atoms with van der Waals surface area (Å²) in [5, 5.41) is 13.5. The normalized spacial score (nSPS) is 13.4. The molecule has 0 unspecified atom stereocenters. The number of nitrogens with one attached hydrogen (secondary N) is 1. The molecule has 0 radical (unpaired) electrons. The van der Waals surface area contributed by atoms with Crippen molar-refractivity contribution in [2.45, 2.75) is 18.5 Å².